The van der Waals surface area contributed by atoms with Crippen LogP contribution in [0, 0.1) is 17.8 Å². The Labute approximate surface area is 113 Å². The summed E-state index contributed by atoms with van der Waals surface area (Å²) in [7, 11) is 0. The molecule has 100 valence electrons. The van der Waals surface area contributed by atoms with Crippen molar-refractivity contribution in [1.29, 1.82) is 0 Å². The van der Waals surface area contributed by atoms with E-state index >= 15 is 0 Å². The number of nitrogens with two attached hydrogens (primary N) is 1. The first-order valence-corrected chi connectivity index (χ1v) is 6.39. The quantitative estimate of drug-likeness (QED) is 0.768. The first-order chi connectivity index (χ1) is 9.19. The van der Waals surface area contributed by atoms with Crippen molar-refractivity contribution in [3.05, 3.63) is 35.4 Å². The van der Waals surface area contributed by atoms with Crippen LogP contribution in [0.2, 0.25) is 0 Å². The largest absolute Gasteiger partial charge is 0.384 e. The molecule has 1 fully saturated rings. The van der Waals surface area contributed by atoms with Crippen molar-refractivity contribution in [2.45, 2.75) is 13.0 Å². The van der Waals surface area contributed by atoms with Gasteiger partial charge in [0.25, 0.3) is 0 Å². The molecule has 0 spiro atoms. The molecule has 1 saturated heterocycles. The van der Waals surface area contributed by atoms with Crippen molar-refractivity contribution in [2.24, 2.45) is 11.7 Å². The molecule has 0 radical (unpaired) electrons. The fourth-order valence-corrected chi connectivity index (χ4v) is 2.30. The molecular weight excluding hydrogens is 240 g/mol. The van der Waals surface area contributed by atoms with Gasteiger partial charge in [-0.15, -0.1) is 0 Å². The zero-order valence-corrected chi connectivity index (χ0v) is 10.8. The molecule has 1 aromatic rings. The van der Waals surface area contributed by atoms with Crippen molar-refractivity contribution < 1.29 is 9.90 Å². The average molecular weight is 258 g/mol. The fraction of sp³-hybridized carbons (Fsp3) is 0.400. The molecule has 1 aromatic carbocycles. The molecule has 4 heteroatoms. The van der Waals surface area contributed by atoms with Gasteiger partial charge in [-0.25, -0.2) is 0 Å². The summed E-state index contributed by atoms with van der Waals surface area (Å²) in [5.74, 6) is 5.28. The Hall–Kier alpha value is -1.83. The van der Waals surface area contributed by atoms with E-state index in [-0.39, 0.29) is 18.4 Å². The van der Waals surface area contributed by atoms with E-state index in [2.05, 4.69) is 16.7 Å². The predicted molar refractivity (Wildman–Crippen MR) is 73.0 cm³/mol. The van der Waals surface area contributed by atoms with Crippen molar-refractivity contribution in [3.8, 4) is 11.8 Å². The summed E-state index contributed by atoms with van der Waals surface area (Å²) >= 11 is 0. The summed E-state index contributed by atoms with van der Waals surface area (Å²) < 4.78 is 0. The maximum Gasteiger partial charge on any atom is 0.221 e. The molecule has 1 unspecified atom stereocenters. The standard InChI is InChI=1S/C15H18N2O2/c16-15(19)14-7-8-17(11-14)10-13-5-3-12(4-6-13)2-1-9-18/h3-6,14,18H,7-11H2,(H2,16,19). The van der Waals surface area contributed by atoms with Crippen LogP contribution in [0.25, 0.3) is 0 Å². The average Bonchev–Trinajstić information content (AvgIpc) is 2.87. The maximum absolute atomic E-state index is 11.1. The summed E-state index contributed by atoms with van der Waals surface area (Å²) in [6.07, 6.45) is 0.857. The van der Waals surface area contributed by atoms with Crippen molar-refractivity contribution in [3.63, 3.8) is 0 Å². The highest BCUT2D eigenvalue weighted by Crippen LogP contribution is 2.18. The van der Waals surface area contributed by atoms with E-state index in [4.69, 9.17) is 10.8 Å². The van der Waals surface area contributed by atoms with Crippen LogP contribution in [0.1, 0.15) is 17.5 Å². The van der Waals surface area contributed by atoms with E-state index in [0.29, 0.717) is 0 Å². The smallest absolute Gasteiger partial charge is 0.221 e. The van der Waals surface area contributed by atoms with Crippen LogP contribution in [0.15, 0.2) is 24.3 Å². The number of likely N-dealkylation sites (tertiary alicyclic amines) is 1. The number of carbonyl (C=O) groups is 1. The number of aliphatic hydroxyl groups is 1. The van der Waals surface area contributed by atoms with Gasteiger partial charge < -0.3 is 10.8 Å². The summed E-state index contributed by atoms with van der Waals surface area (Å²) in [6, 6.07) is 7.94. The monoisotopic (exact) mass is 258 g/mol. The summed E-state index contributed by atoms with van der Waals surface area (Å²) in [5, 5.41) is 8.62. The van der Waals surface area contributed by atoms with Crippen LogP contribution in [0.3, 0.4) is 0 Å². The van der Waals surface area contributed by atoms with Gasteiger partial charge in [-0.05, 0) is 30.7 Å². The van der Waals surface area contributed by atoms with Crippen molar-refractivity contribution in [1.82, 2.24) is 4.90 Å². The Morgan fingerprint density at radius 2 is 2.16 bits per heavy atom. The van der Waals surface area contributed by atoms with E-state index in [9.17, 15) is 4.79 Å². The van der Waals surface area contributed by atoms with Crippen LogP contribution in [0.5, 0.6) is 0 Å². The molecule has 0 bridgehead atoms. The molecule has 0 aliphatic carbocycles. The Balaban J connectivity index is 1.92. The van der Waals surface area contributed by atoms with Crippen LogP contribution in [-0.4, -0.2) is 35.6 Å². The molecule has 4 nitrogen and oxygen atoms in total. The van der Waals surface area contributed by atoms with Crippen LogP contribution >= 0.6 is 0 Å². The van der Waals surface area contributed by atoms with Gasteiger partial charge in [-0.2, -0.15) is 0 Å². The first kappa shape index (κ1) is 13.6. The first-order valence-electron chi connectivity index (χ1n) is 6.39. The lowest BCUT2D eigenvalue weighted by Gasteiger charge is -2.15. The minimum absolute atomic E-state index is 0.00491. The lowest BCUT2D eigenvalue weighted by Crippen LogP contribution is -2.27. The van der Waals surface area contributed by atoms with Crippen LogP contribution in [0.4, 0.5) is 0 Å². The van der Waals surface area contributed by atoms with Gasteiger partial charge in [0.1, 0.15) is 6.61 Å². The molecule has 1 aliphatic heterocycles. The second-order valence-corrected chi connectivity index (χ2v) is 4.78. The number of hydrogen-bond acceptors (Lipinski definition) is 3. The zero-order valence-electron chi connectivity index (χ0n) is 10.8. The minimum atomic E-state index is -0.197. The highest BCUT2D eigenvalue weighted by molar-refractivity contribution is 5.77. The van der Waals surface area contributed by atoms with E-state index in [1.165, 1.54) is 5.56 Å². The molecule has 19 heavy (non-hydrogen) atoms. The predicted octanol–water partition coefficient (Wildman–Crippen LogP) is 0.338. The number of hydrogen-bond donors (Lipinski definition) is 2. The highest BCUT2D eigenvalue weighted by atomic mass is 16.2. The van der Waals surface area contributed by atoms with Gasteiger partial charge in [0, 0.05) is 18.7 Å². The minimum Gasteiger partial charge on any atom is -0.384 e. The summed E-state index contributed by atoms with van der Waals surface area (Å²) in [6.45, 7) is 2.38. The van der Waals surface area contributed by atoms with Crippen molar-refractivity contribution >= 4 is 5.91 Å². The van der Waals surface area contributed by atoms with Gasteiger partial charge in [-0.1, -0.05) is 24.0 Å². The van der Waals surface area contributed by atoms with E-state index in [1.807, 2.05) is 24.3 Å². The Morgan fingerprint density at radius 3 is 2.74 bits per heavy atom. The third-order valence-corrected chi connectivity index (χ3v) is 3.35. The molecule has 1 heterocycles. The van der Waals surface area contributed by atoms with E-state index < -0.39 is 0 Å². The molecule has 2 rings (SSSR count). The molecular formula is C15H18N2O2. The molecule has 0 aromatic heterocycles. The maximum atomic E-state index is 11.1. The third-order valence-electron chi connectivity index (χ3n) is 3.35. The Bertz CT molecular complexity index is 499. The van der Waals surface area contributed by atoms with E-state index in [0.717, 1.165) is 31.6 Å². The van der Waals surface area contributed by atoms with Gasteiger partial charge in [-0.3, -0.25) is 9.69 Å². The lowest BCUT2D eigenvalue weighted by atomic mass is 10.1. The summed E-state index contributed by atoms with van der Waals surface area (Å²) in [4.78, 5) is 13.3. The number of aliphatic hydroxyl groups excluding tert-OH is 1. The van der Waals surface area contributed by atoms with Gasteiger partial charge >= 0.3 is 0 Å². The molecule has 1 amide bonds. The second kappa shape index (κ2) is 6.37. The third kappa shape index (κ3) is 3.82. The summed E-state index contributed by atoms with van der Waals surface area (Å²) in [5.41, 5.74) is 7.41. The number of carbonyl (C=O) groups excluding carboxylic acids is 1. The highest BCUT2D eigenvalue weighted by Gasteiger charge is 2.26. The van der Waals surface area contributed by atoms with Crippen LogP contribution < -0.4 is 5.73 Å². The van der Waals surface area contributed by atoms with Crippen LogP contribution in [-0.2, 0) is 11.3 Å². The Morgan fingerprint density at radius 1 is 1.42 bits per heavy atom. The number of rotatable bonds is 3. The van der Waals surface area contributed by atoms with E-state index in [1.54, 1.807) is 0 Å². The number of benzene rings is 1. The van der Waals surface area contributed by atoms with Crippen molar-refractivity contribution in [2.75, 3.05) is 19.7 Å². The zero-order chi connectivity index (χ0) is 13.7. The SMILES string of the molecule is NC(=O)C1CCN(Cc2ccc(C#CCO)cc2)C1. The number of amides is 1. The number of primary amides is 1. The normalized spacial score (nSPS) is 18.9. The Kier molecular flexibility index (Phi) is 4.56. The molecule has 0 saturated carbocycles. The lowest BCUT2D eigenvalue weighted by molar-refractivity contribution is -0.121. The molecule has 1 aliphatic rings. The number of nitrogens with zero attached hydrogens (tertiary/aromatic N) is 1. The fourth-order valence-electron chi connectivity index (χ4n) is 2.30. The van der Waals surface area contributed by atoms with Gasteiger partial charge in [0.2, 0.25) is 5.91 Å². The topological polar surface area (TPSA) is 66.6 Å². The second-order valence-electron chi connectivity index (χ2n) is 4.78. The van der Waals surface area contributed by atoms with Gasteiger partial charge in [0.15, 0.2) is 0 Å². The van der Waals surface area contributed by atoms with Gasteiger partial charge in [0.05, 0.1) is 5.92 Å². The molecule has 1 atom stereocenters. The molecule has 3 N–H and O–H groups in total.